The largest absolute Gasteiger partial charge is 0.299 e. The number of aryl methyl sites for hydroxylation is 2. The molecule has 0 saturated heterocycles. The summed E-state index contributed by atoms with van der Waals surface area (Å²) in [6.07, 6.45) is 3.79. The molecule has 1 aliphatic carbocycles. The van der Waals surface area contributed by atoms with Gasteiger partial charge in [0.25, 0.3) is 0 Å². The van der Waals surface area contributed by atoms with E-state index in [-0.39, 0.29) is 11.6 Å². The minimum atomic E-state index is -0.409. The average Bonchev–Trinajstić information content (AvgIpc) is 2.71. The van der Waals surface area contributed by atoms with E-state index >= 15 is 0 Å². The molecule has 1 aromatic rings. The van der Waals surface area contributed by atoms with E-state index in [1.54, 1.807) is 24.9 Å². The van der Waals surface area contributed by atoms with Crippen LogP contribution in [-0.4, -0.2) is 21.3 Å². The standard InChI is InChI=1S/C11H14N2O2/c1-7-9(6-13(2)12-7)11(15)8-4-3-5-10(8)14/h6,8H,3-5H2,1-2H3. The Morgan fingerprint density at radius 2 is 2.33 bits per heavy atom. The number of Topliss-reactive ketones (excluding diaryl/α,β-unsaturated/α-hetero) is 2. The van der Waals surface area contributed by atoms with Crippen LogP contribution in [0.25, 0.3) is 0 Å². The summed E-state index contributed by atoms with van der Waals surface area (Å²) in [5.41, 5.74) is 1.31. The molecule has 80 valence electrons. The fourth-order valence-corrected chi connectivity index (χ4v) is 2.12. The average molecular weight is 206 g/mol. The Kier molecular flexibility index (Phi) is 2.42. The summed E-state index contributed by atoms with van der Waals surface area (Å²) in [6.45, 7) is 1.80. The van der Waals surface area contributed by atoms with E-state index in [0.29, 0.717) is 24.1 Å². The Balaban J connectivity index is 2.28. The first-order valence-electron chi connectivity index (χ1n) is 5.17. The summed E-state index contributed by atoms with van der Waals surface area (Å²) in [6, 6.07) is 0. The number of aromatic nitrogens is 2. The number of hydrogen-bond donors (Lipinski definition) is 0. The van der Waals surface area contributed by atoms with E-state index in [9.17, 15) is 9.59 Å². The number of hydrogen-bond acceptors (Lipinski definition) is 3. The summed E-state index contributed by atoms with van der Waals surface area (Å²) in [5.74, 6) is -0.376. The minimum absolute atomic E-state index is 0.0527. The molecule has 0 radical (unpaired) electrons. The Morgan fingerprint density at radius 3 is 2.80 bits per heavy atom. The van der Waals surface area contributed by atoms with Crippen LogP contribution in [0.2, 0.25) is 0 Å². The lowest BCUT2D eigenvalue weighted by molar-refractivity contribution is -0.119. The van der Waals surface area contributed by atoms with Gasteiger partial charge in [0.15, 0.2) is 5.78 Å². The molecule has 2 rings (SSSR count). The van der Waals surface area contributed by atoms with Crippen LogP contribution in [0, 0.1) is 12.8 Å². The van der Waals surface area contributed by atoms with Gasteiger partial charge in [0.2, 0.25) is 0 Å². The van der Waals surface area contributed by atoms with Crippen LogP contribution >= 0.6 is 0 Å². The van der Waals surface area contributed by atoms with Gasteiger partial charge in [0.1, 0.15) is 5.78 Å². The van der Waals surface area contributed by atoms with Gasteiger partial charge in [0.05, 0.1) is 17.2 Å². The Labute approximate surface area is 88.3 Å². The fourth-order valence-electron chi connectivity index (χ4n) is 2.12. The van der Waals surface area contributed by atoms with Gasteiger partial charge in [0, 0.05) is 19.7 Å². The summed E-state index contributed by atoms with van der Waals surface area (Å²) in [5, 5.41) is 4.11. The molecule has 0 spiro atoms. The molecule has 0 amide bonds. The van der Waals surface area contributed by atoms with Gasteiger partial charge in [-0.1, -0.05) is 0 Å². The molecule has 4 nitrogen and oxygen atoms in total. The van der Waals surface area contributed by atoms with Gasteiger partial charge >= 0.3 is 0 Å². The van der Waals surface area contributed by atoms with Crippen LogP contribution < -0.4 is 0 Å². The molecular formula is C11H14N2O2. The third kappa shape index (κ3) is 1.71. The van der Waals surface area contributed by atoms with E-state index in [1.807, 2.05) is 0 Å². The van der Waals surface area contributed by atoms with Crippen LogP contribution in [0.5, 0.6) is 0 Å². The smallest absolute Gasteiger partial charge is 0.176 e. The van der Waals surface area contributed by atoms with Crippen molar-refractivity contribution in [1.82, 2.24) is 9.78 Å². The number of carbonyl (C=O) groups excluding carboxylic acids is 2. The van der Waals surface area contributed by atoms with E-state index in [0.717, 1.165) is 6.42 Å². The van der Waals surface area contributed by atoms with Crippen LogP contribution in [0.1, 0.15) is 35.3 Å². The highest BCUT2D eigenvalue weighted by molar-refractivity contribution is 6.11. The summed E-state index contributed by atoms with van der Waals surface area (Å²) < 4.78 is 1.61. The highest BCUT2D eigenvalue weighted by Gasteiger charge is 2.32. The Bertz CT molecular complexity index is 420. The summed E-state index contributed by atoms with van der Waals surface area (Å²) in [7, 11) is 1.78. The molecule has 0 bridgehead atoms. The topological polar surface area (TPSA) is 52.0 Å². The maximum absolute atomic E-state index is 12.0. The van der Waals surface area contributed by atoms with Crippen molar-refractivity contribution in [1.29, 1.82) is 0 Å². The summed E-state index contributed by atoms with van der Waals surface area (Å²) in [4.78, 5) is 23.5. The van der Waals surface area contributed by atoms with Crippen molar-refractivity contribution in [2.24, 2.45) is 13.0 Å². The van der Waals surface area contributed by atoms with Gasteiger partial charge < -0.3 is 0 Å². The van der Waals surface area contributed by atoms with E-state index < -0.39 is 5.92 Å². The molecule has 1 saturated carbocycles. The molecule has 1 heterocycles. The predicted molar refractivity (Wildman–Crippen MR) is 54.6 cm³/mol. The highest BCUT2D eigenvalue weighted by atomic mass is 16.2. The number of rotatable bonds is 2. The molecule has 4 heteroatoms. The van der Waals surface area contributed by atoms with Crippen LogP contribution in [0.4, 0.5) is 0 Å². The molecule has 0 N–H and O–H groups in total. The van der Waals surface area contributed by atoms with Crippen molar-refractivity contribution < 1.29 is 9.59 Å². The van der Waals surface area contributed by atoms with Crippen LogP contribution in [0.3, 0.4) is 0 Å². The number of nitrogens with zero attached hydrogens (tertiary/aromatic N) is 2. The molecule has 1 unspecified atom stereocenters. The molecular weight excluding hydrogens is 192 g/mol. The molecule has 0 aliphatic heterocycles. The fraction of sp³-hybridized carbons (Fsp3) is 0.545. The van der Waals surface area contributed by atoms with Crippen LogP contribution in [-0.2, 0) is 11.8 Å². The second-order valence-corrected chi connectivity index (χ2v) is 4.08. The SMILES string of the molecule is Cc1nn(C)cc1C(=O)C1CCCC1=O. The lowest BCUT2D eigenvalue weighted by Gasteiger charge is -2.04. The maximum atomic E-state index is 12.0. The normalized spacial score (nSPS) is 20.9. The van der Waals surface area contributed by atoms with Gasteiger partial charge in [-0.15, -0.1) is 0 Å². The zero-order valence-electron chi connectivity index (χ0n) is 8.99. The maximum Gasteiger partial charge on any atom is 0.176 e. The van der Waals surface area contributed by atoms with E-state index in [2.05, 4.69) is 5.10 Å². The van der Waals surface area contributed by atoms with Crippen molar-refractivity contribution in [2.45, 2.75) is 26.2 Å². The minimum Gasteiger partial charge on any atom is -0.299 e. The zero-order valence-corrected chi connectivity index (χ0v) is 8.99. The third-order valence-corrected chi connectivity index (χ3v) is 2.90. The second-order valence-electron chi connectivity index (χ2n) is 4.08. The van der Waals surface area contributed by atoms with Crippen molar-refractivity contribution in [3.05, 3.63) is 17.5 Å². The van der Waals surface area contributed by atoms with Gasteiger partial charge in [-0.05, 0) is 19.8 Å². The molecule has 15 heavy (non-hydrogen) atoms. The zero-order chi connectivity index (χ0) is 11.0. The number of ketones is 2. The Morgan fingerprint density at radius 1 is 1.60 bits per heavy atom. The van der Waals surface area contributed by atoms with Crippen molar-refractivity contribution >= 4 is 11.6 Å². The quantitative estimate of drug-likeness (QED) is 0.541. The Hall–Kier alpha value is -1.45. The van der Waals surface area contributed by atoms with E-state index in [4.69, 9.17) is 0 Å². The number of carbonyl (C=O) groups is 2. The predicted octanol–water partition coefficient (Wildman–Crippen LogP) is 1.28. The molecule has 1 aromatic heterocycles. The first kappa shape index (κ1) is 10.1. The molecule has 0 aromatic carbocycles. The lowest BCUT2D eigenvalue weighted by Crippen LogP contribution is -2.19. The van der Waals surface area contributed by atoms with Crippen LogP contribution in [0.15, 0.2) is 6.20 Å². The van der Waals surface area contributed by atoms with E-state index in [1.165, 1.54) is 0 Å². The summed E-state index contributed by atoms with van der Waals surface area (Å²) >= 11 is 0. The van der Waals surface area contributed by atoms with Crippen molar-refractivity contribution in [3.8, 4) is 0 Å². The van der Waals surface area contributed by atoms with Gasteiger partial charge in [-0.25, -0.2) is 0 Å². The first-order chi connectivity index (χ1) is 7.09. The molecule has 1 aliphatic rings. The second kappa shape index (κ2) is 3.61. The van der Waals surface area contributed by atoms with Crippen molar-refractivity contribution in [2.75, 3.05) is 0 Å². The molecule has 1 atom stereocenters. The molecule has 1 fully saturated rings. The van der Waals surface area contributed by atoms with Crippen molar-refractivity contribution in [3.63, 3.8) is 0 Å². The lowest BCUT2D eigenvalue weighted by atomic mass is 9.96. The first-order valence-corrected chi connectivity index (χ1v) is 5.17. The van der Waals surface area contributed by atoms with Gasteiger partial charge in [-0.2, -0.15) is 5.10 Å². The highest BCUT2D eigenvalue weighted by Crippen LogP contribution is 2.25. The third-order valence-electron chi connectivity index (χ3n) is 2.90. The van der Waals surface area contributed by atoms with Gasteiger partial charge in [-0.3, -0.25) is 14.3 Å². The monoisotopic (exact) mass is 206 g/mol.